The van der Waals surface area contributed by atoms with Crippen molar-refractivity contribution in [3.63, 3.8) is 0 Å². The molecule has 0 aromatic heterocycles. The molecule has 1 atom stereocenters. The second kappa shape index (κ2) is 7.66. The lowest BCUT2D eigenvalue weighted by atomic mass is 10.0. The zero-order chi connectivity index (χ0) is 15.1. The van der Waals surface area contributed by atoms with Gasteiger partial charge in [0.1, 0.15) is 0 Å². The van der Waals surface area contributed by atoms with Gasteiger partial charge in [-0.25, -0.2) is 0 Å². The molecular weight excluding hydrogens is 250 g/mol. The van der Waals surface area contributed by atoms with Crippen molar-refractivity contribution >= 4 is 5.91 Å². The molecule has 0 aliphatic heterocycles. The van der Waals surface area contributed by atoms with E-state index in [1.54, 1.807) is 31.1 Å². The fourth-order valence-corrected chi connectivity index (χ4v) is 1.99. The zero-order valence-electron chi connectivity index (χ0n) is 12.7. The Morgan fingerprint density at radius 2 is 1.90 bits per heavy atom. The monoisotopic (exact) mass is 273 g/mol. The number of likely N-dealkylation sites (N-methyl/N-ethyl adjacent to an activating group) is 1. The first kappa shape index (κ1) is 16.2. The molecular formula is C16H23N3O. The smallest absolute Gasteiger partial charge is 0.239 e. The molecule has 0 aliphatic carbocycles. The van der Waals surface area contributed by atoms with Crippen molar-refractivity contribution in [2.45, 2.75) is 32.9 Å². The number of carbonyl (C=O) groups excluding carboxylic acids is 1. The molecule has 4 heteroatoms. The van der Waals surface area contributed by atoms with Gasteiger partial charge >= 0.3 is 0 Å². The Morgan fingerprint density at radius 1 is 1.30 bits per heavy atom. The molecule has 1 rings (SSSR count). The van der Waals surface area contributed by atoms with Crippen LogP contribution in [0.2, 0.25) is 0 Å². The van der Waals surface area contributed by atoms with Crippen molar-refractivity contribution in [2.24, 2.45) is 5.92 Å². The highest BCUT2D eigenvalue weighted by molar-refractivity contribution is 5.81. The van der Waals surface area contributed by atoms with E-state index in [2.05, 4.69) is 25.2 Å². The van der Waals surface area contributed by atoms with E-state index < -0.39 is 0 Å². The normalized spacial score (nSPS) is 12.0. The van der Waals surface area contributed by atoms with Gasteiger partial charge in [0.15, 0.2) is 0 Å². The summed E-state index contributed by atoms with van der Waals surface area (Å²) in [5.74, 6) is 0.560. The van der Waals surface area contributed by atoms with Gasteiger partial charge in [0.05, 0.1) is 17.7 Å². The Morgan fingerprint density at radius 3 is 2.35 bits per heavy atom. The highest BCUT2D eigenvalue weighted by Gasteiger charge is 2.20. The van der Waals surface area contributed by atoms with Gasteiger partial charge in [-0.05, 0) is 30.0 Å². The quantitative estimate of drug-likeness (QED) is 0.864. The molecule has 1 unspecified atom stereocenters. The Balaban J connectivity index is 2.65. The second-order valence-corrected chi connectivity index (χ2v) is 5.60. The molecule has 0 saturated heterocycles. The summed E-state index contributed by atoms with van der Waals surface area (Å²) < 4.78 is 0. The van der Waals surface area contributed by atoms with Crippen molar-refractivity contribution in [1.82, 2.24) is 10.2 Å². The largest absolute Gasteiger partial charge is 0.347 e. The van der Waals surface area contributed by atoms with E-state index in [1.165, 1.54) is 0 Å². The summed E-state index contributed by atoms with van der Waals surface area (Å²) in [5, 5.41) is 12.1. The fraction of sp³-hybridized carbons (Fsp3) is 0.500. The van der Waals surface area contributed by atoms with Gasteiger partial charge < -0.3 is 10.2 Å². The molecule has 1 aromatic carbocycles. The molecule has 1 amide bonds. The van der Waals surface area contributed by atoms with E-state index in [4.69, 9.17) is 5.26 Å². The molecule has 1 N–H and O–H groups in total. The number of rotatable bonds is 6. The third-order valence-electron chi connectivity index (χ3n) is 3.08. The molecule has 4 nitrogen and oxygen atoms in total. The molecule has 108 valence electrons. The standard InChI is InChI=1S/C16H23N3O/c1-12(2)9-15(16(20)19(3)4)18-11-14-7-5-13(10-17)6-8-14/h5-8,12,15,18H,9,11H2,1-4H3. The molecule has 0 spiro atoms. The Bertz CT molecular complexity index is 471. The van der Waals surface area contributed by atoms with E-state index in [-0.39, 0.29) is 11.9 Å². The number of nitrogens with one attached hydrogen (secondary N) is 1. The van der Waals surface area contributed by atoms with Crippen LogP contribution in [0.15, 0.2) is 24.3 Å². The van der Waals surface area contributed by atoms with Crippen LogP contribution < -0.4 is 5.32 Å². The molecule has 0 fully saturated rings. The molecule has 0 aliphatic rings. The van der Waals surface area contributed by atoms with Gasteiger partial charge in [0, 0.05) is 20.6 Å². The lowest BCUT2D eigenvalue weighted by molar-refractivity contribution is -0.131. The predicted molar refractivity (Wildman–Crippen MR) is 79.9 cm³/mol. The second-order valence-electron chi connectivity index (χ2n) is 5.60. The minimum absolute atomic E-state index is 0.104. The van der Waals surface area contributed by atoms with Gasteiger partial charge in [-0.1, -0.05) is 26.0 Å². The highest BCUT2D eigenvalue weighted by Crippen LogP contribution is 2.09. The van der Waals surface area contributed by atoms with E-state index in [9.17, 15) is 4.79 Å². The topological polar surface area (TPSA) is 56.1 Å². The Kier molecular flexibility index (Phi) is 6.20. The van der Waals surface area contributed by atoms with Crippen LogP contribution in [-0.2, 0) is 11.3 Å². The predicted octanol–water partition coefficient (Wildman–Crippen LogP) is 2.15. The first-order chi connectivity index (χ1) is 9.43. The third-order valence-corrected chi connectivity index (χ3v) is 3.08. The van der Waals surface area contributed by atoms with E-state index >= 15 is 0 Å². The maximum absolute atomic E-state index is 12.1. The van der Waals surface area contributed by atoms with Gasteiger partial charge in [-0.15, -0.1) is 0 Å². The fourth-order valence-electron chi connectivity index (χ4n) is 1.99. The van der Waals surface area contributed by atoms with Crippen LogP contribution in [0.4, 0.5) is 0 Å². The number of amides is 1. The number of carbonyl (C=O) groups is 1. The summed E-state index contributed by atoms with van der Waals surface area (Å²) in [6, 6.07) is 9.35. The van der Waals surface area contributed by atoms with Crippen LogP contribution in [-0.4, -0.2) is 30.9 Å². The highest BCUT2D eigenvalue weighted by atomic mass is 16.2. The van der Waals surface area contributed by atoms with Crippen LogP contribution in [0.1, 0.15) is 31.4 Å². The average Bonchev–Trinajstić information content (AvgIpc) is 2.42. The van der Waals surface area contributed by atoms with Crippen molar-refractivity contribution in [3.8, 4) is 6.07 Å². The third kappa shape index (κ3) is 5.02. The van der Waals surface area contributed by atoms with E-state index in [1.807, 2.05) is 12.1 Å². The van der Waals surface area contributed by atoms with E-state index in [0.29, 0.717) is 18.0 Å². The molecule has 0 heterocycles. The summed E-state index contributed by atoms with van der Waals surface area (Å²) in [7, 11) is 3.55. The zero-order valence-corrected chi connectivity index (χ0v) is 12.7. The maximum atomic E-state index is 12.1. The summed E-state index contributed by atoms with van der Waals surface area (Å²) in [4.78, 5) is 13.7. The van der Waals surface area contributed by atoms with Crippen molar-refractivity contribution in [3.05, 3.63) is 35.4 Å². The number of hydrogen-bond acceptors (Lipinski definition) is 3. The van der Waals surface area contributed by atoms with Gasteiger partial charge in [0.2, 0.25) is 5.91 Å². The molecule has 0 saturated carbocycles. The lowest BCUT2D eigenvalue weighted by Gasteiger charge is -2.23. The average molecular weight is 273 g/mol. The Hall–Kier alpha value is -1.86. The van der Waals surface area contributed by atoms with Crippen molar-refractivity contribution < 1.29 is 4.79 Å². The Labute approximate surface area is 121 Å². The molecule has 20 heavy (non-hydrogen) atoms. The van der Waals surface area contributed by atoms with Crippen LogP contribution >= 0.6 is 0 Å². The van der Waals surface area contributed by atoms with Crippen LogP contribution in [0.5, 0.6) is 0 Å². The van der Waals surface area contributed by atoms with Gasteiger partial charge in [0.25, 0.3) is 0 Å². The summed E-state index contributed by atoms with van der Waals surface area (Å²) in [5.41, 5.74) is 1.72. The number of nitrogens with zero attached hydrogens (tertiary/aromatic N) is 2. The first-order valence-corrected chi connectivity index (χ1v) is 6.87. The number of hydrogen-bond donors (Lipinski definition) is 1. The van der Waals surface area contributed by atoms with Gasteiger partial charge in [-0.2, -0.15) is 5.26 Å². The maximum Gasteiger partial charge on any atom is 0.239 e. The minimum atomic E-state index is -0.166. The van der Waals surface area contributed by atoms with E-state index in [0.717, 1.165) is 12.0 Å². The number of nitriles is 1. The SMILES string of the molecule is CC(C)CC(NCc1ccc(C#N)cc1)C(=O)N(C)C. The number of benzene rings is 1. The molecule has 1 aromatic rings. The lowest BCUT2D eigenvalue weighted by Crippen LogP contribution is -2.44. The summed E-state index contributed by atoms with van der Waals surface area (Å²) in [6.45, 7) is 4.85. The molecule has 0 radical (unpaired) electrons. The summed E-state index contributed by atoms with van der Waals surface area (Å²) >= 11 is 0. The van der Waals surface area contributed by atoms with Crippen LogP contribution in [0.3, 0.4) is 0 Å². The van der Waals surface area contributed by atoms with Crippen molar-refractivity contribution in [1.29, 1.82) is 5.26 Å². The van der Waals surface area contributed by atoms with Crippen LogP contribution in [0.25, 0.3) is 0 Å². The van der Waals surface area contributed by atoms with Crippen LogP contribution in [0, 0.1) is 17.2 Å². The first-order valence-electron chi connectivity index (χ1n) is 6.87. The van der Waals surface area contributed by atoms with Gasteiger partial charge in [-0.3, -0.25) is 4.79 Å². The minimum Gasteiger partial charge on any atom is -0.347 e. The van der Waals surface area contributed by atoms with Crippen molar-refractivity contribution in [2.75, 3.05) is 14.1 Å². The molecule has 0 bridgehead atoms. The summed E-state index contributed by atoms with van der Waals surface area (Å²) in [6.07, 6.45) is 0.813.